The van der Waals surface area contributed by atoms with Crippen LogP contribution in [0.4, 0.5) is 0 Å². The molecule has 0 unspecified atom stereocenters. The Bertz CT molecular complexity index is 516. The lowest BCUT2D eigenvalue weighted by Crippen LogP contribution is -3.14. The maximum Gasteiger partial charge on any atom is 0.216 e. The van der Waals surface area contributed by atoms with Crippen molar-refractivity contribution < 1.29 is 19.6 Å². The molecule has 4 nitrogen and oxygen atoms in total. The Morgan fingerprint density at radius 1 is 1.20 bits per heavy atom. The second kappa shape index (κ2) is 6.18. The number of ketones is 1. The topological polar surface area (TPSA) is 61.6 Å². The third kappa shape index (κ3) is 3.45. The van der Waals surface area contributed by atoms with Gasteiger partial charge in [-0.05, 0) is 31.0 Å². The summed E-state index contributed by atoms with van der Waals surface area (Å²) in [6.07, 6.45) is 1.22. The Kier molecular flexibility index (Phi) is 4.55. The van der Waals surface area contributed by atoms with E-state index < -0.39 is 5.97 Å². The summed E-state index contributed by atoms with van der Waals surface area (Å²) in [5.74, 6) is -1.16. The summed E-state index contributed by atoms with van der Waals surface area (Å²) in [6, 6.07) is 5.78. The Hall–Kier alpha value is -1.68. The van der Waals surface area contributed by atoms with Crippen LogP contribution in [-0.2, 0) is 4.79 Å². The van der Waals surface area contributed by atoms with Crippen LogP contribution < -0.4 is 10.0 Å². The lowest BCUT2D eigenvalue weighted by molar-refractivity contribution is -0.897. The molecule has 1 aliphatic heterocycles. The van der Waals surface area contributed by atoms with Gasteiger partial charge in [-0.15, -0.1) is 0 Å². The molecule has 1 heterocycles. The van der Waals surface area contributed by atoms with Crippen LogP contribution in [0.25, 0.3) is 0 Å². The molecule has 0 spiro atoms. The number of nitrogens with one attached hydrogen (secondary N) is 1. The van der Waals surface area contributed by atoms with E-state index in [2.05, 4.69) is 0 Å². The first-order valence-corrected chi connectivity index (χ1v) is 7.12. The van der Waals surface area contributed by atoms with Crippen LogP contribution in [0.1, 0.15) is 34.3 Å². The van der Waals surface area contributed by atoms with E-state index in [0.717, 1.165) is 24.2 Å². The maximum atomic E-state index is 12.2. The summed E-state index contributed by atoms with van der Waals surface area (Å²) < 4.78 is 0. The van der Waals surface area contributed by atoms with Gasteiger partial charge in [0, 0.05) is 30.3 Å². The van der Waals surface area contributed by atoms with Crippen LogP contribution in [0.2, 0.25) is 0 Å². The quantitative estimate of drug-likeness (QED) is 0.756. The van der Waals surface area contributed by atoms with E-state index in [4.69, 9.17) is 0 Å². The number of carbonyl (C=O) groups is 2. The average molecular weight is 275 g/mol. The highest BCUT2D eigenvalue weighted by Gasteiger charge is 2.24. The fourth-order valence-electron chi connectivity index (χ4n) is 2.68. The Labute approximate surface area is 119 Å². The van der Waals surface area contributed by atoms with Crippen LogP contribution in [0, 0.1) is 19.8 Å². The molecule has 0 radical (unpaired) electrons. The molecule has 1 N–H and O–H groups in total. The SMILES string of the molecule is Cc1ccc(C(=O)C[NH+]2CCC(C(=O)[O-])CC2)cc1C. The zero-order valence-electron chi connectivity index (χ0n) is 12.1. The van der Waals surface area contributed by atoms with Crippen LogP contribution in [0.15, 0.2) is 18.2 Å². The van der Waals surface area contributed by atoms with E-state index in [0.29, 0.717) is 19.4 Å². The van der Waals surface area contributed by atoms with Gasteiger partial charge in [0.25, 0.3) is 0 Å². The van der Waals surface area contributed by atoms with Crippen LogP contribution >= 0.6 is 0 Å². The highest BCUT2D eigenvalue weighted by atomic mass is 16.4. The van der Waals surface area contributed by atoms with E-state index in [9.17, 15) is 14.7 Å². The van der Waals surface area contributed by atoms with Crippen molar-refractivity contribution in [1.29, 1.82) is 0 Å². The highest BCUT2D eigenvalue weighted by Crippen LogP contribution is 2.11. The molecule has 108 valence electrons. The van der Waals surface area contributed by atoms with Crippen molar-refractivity contribution in [3.05, 3.63) is 34.9 Å². The Morgan fingerprint density at radius 3 is 2.40 bits per heavy atom. The lowest BCUT2D eigenvalue weighted by atomic mass is 9.96. The van der Waals surface area contributed by atoms with Gasteiger partial charge in [-0.2, -0.15) is 0 Å². The number of aliphatic carboxylic acids is 1. The van der Waals surface area contributed by atoms with Crippen molar-refractivity contribution in [2.45, 2.75) is 26.7 Å². The van der Waals surface area contributed by atoms with Crippen molar-refractivity contribution in [3.63, 3.8) is 0 Å². The van der Waals surface area contributed by atoms with E-state index >= 15 is 0 Å². The second-order valence-electron chi connectivity index (χ2n) is 5.74. The van der Waals surface area contributed by atoms with Gasteiger partial charge in [0.1, 0.15) is 6.54 Å². The molecule has 2 rings (SSSR count). The van der Waals surface area contributed by atoms with Gasteiger partial charge >= 0.3 is 0 Å². The van der Waals surface area contributed by atoms with Crippen LogP contribution in [0.5, 0.6) is 0 Å². The lowest BCUT2D eigenvalue weighted by Gasteiger charge is -2.29. The van der Waals surface area contributed by atoms with Crippen molar-refractivity contribution in [3.8, 4) is 0 Å². The molecule has 0 atom stereocenters. The molecule has 0 bridgehead atoms. The van der Waals surface area contributed by atoms with E-state index in [1.165, 1.54) is 10.5 Å². The first kappa shape index (κ1) is 14.7. The number of hydrogen-bond acceptors (Lipinski definition) is 3. The molecule has 0 saturated carbocycles. The minimum absolute atomic E-state index is 0.134. The molecule has 1 aromatic rings. The van der Waals surface area contributed by atoms with Gasteiger partial charge in [0.05, 0.1) is 13.1 Å². The van der Waals surface area contributed by atoms with Crippen molar-refractivity contribution >= 4 is 11.8 Å². The minimum atomic E-state index is -0.954. The van der Waals surface area contributed by atoms with E-state index in [1.54, 1.807) is 0 Å². The molecule has 1 aromatic carbocycles. The summed E-state index contributed by atoms with van der Waals surface area (Å²) in [6.45, 7) is 5.94. The summed E-state index contributed by atoms with van der Waals surface area (Å²) in [4.78, 5) is 24.2. The second-order valence-corrected chi connectivity index (χ2v) is 5.74. The molecule has 1 saturated heterocycles. The number of piperidine rings is 1. The molecule has 20 heavy (non-hydrogen) atoms. The molecule has 0 aromatic heterocycles. The fourth-order valence-corrected chi connectivity index (χ4v) is 2.68. The zero-order valence-corrected chi connectivity index (χ0v) is 12.1. The molecule has 0 aliphatic carbocycles. The Balaban J connectivity index is 1.92. The monoisotopic (exact) mass is 275 g/mol. The first-order chi connectivity index (χ1) is 9.47. The van der Waals surface area contributed by atoms with E-state index in [1.807, 2.05) is 32.0 Å². The number of carboxylic acids is 1. The highest BCUT2D eigenvalue weighted by molar-refractivity contribution is 5.97. The number of carbonyl (C=O) groups excluding carboxylic acids is 2. The van der Waals surface area contributed by atoms with Gasteiger partial charge in [-0.25, -0.2) is 0 Å². The molecule has 1 aliphatic rings. The predicted molar refractivity (Wildman–Crippen MR) is 73.5 cm³/mol. The van der Waals surface area contributed by atoms with Gasteiger partial charge in [0.15, 0.2) is 0 Å². The summed E-state index contributed by atoms with van der Waals surface area (Å²) in [5.41, 5.74) is 3.06. The largest absolute Gasteiger partial charge is 0.550 e. The van der Waals surface area contributed by atoms with Crippen LogP contribution in [0.3, 0.4) is 0 Å². The molecule has 0 amide bonds. The number of Topliss-reactive ketones (excluding diaryl/α,β-unsaturated/α-hetero) is 1. The molecule has 4 heteroatoms. The summed E-state index contributed by atoms with van der Waals surface area (Å²) in [5, 5.41) is 10.8. The molecule has 1 fully saturated rings. The third-order valence-electron chi connectivity index (χ3n) is 4.27. The normalized spacial score (nSPS) is 22.5. The van der Waals surface area contributed by atoms with E-state index in [-0.39, 0.29) is 11.7 Å². The predicted octanol–water partition coefficient (Wildman–Crippen LogP) is -0.469. The number of benzene rings is 1. The third-order valence-corrected chi connectivity index (χ3v) is 4.27. The molecular formula is C16H21NO3. The van der Waals surface area contributed by atoms with Gasteiger partial charge in [0.2, 0.25) is 5.78 Å². The van der Waals surface area contributed by atoms with Crippen molar-refractivity contribution in [2.75, 3.05) is 19.6 Å². The number of aryl methyl sites for hydroxylation is 2. The number of hydrogen-bond donors (Lipinski definition) is 1. The standard InChI is InChI=1S/C16H21NO3/c1-11-3-4-14(9-12(11)2)15(18)10-17-7-5-13(6-8-17)16(19)20/h3-4,9,13H,5-8,10H2,1-2H3,(H,19,20). The number of quaternary nitrogens is 1. The maximum absolute atomic E-state index is 12.2. The van der Waals surface area contributed by atoms with Crippen LogP contribution in [-0.4, -0.2) is 31.4 Å². The average Bonchev–Trinajstić information content (AvgIpc) is 2.42. The number of carboxylic acid groups (broad SMARTS) is 1. The minimum Gasteiger partial charge on any atom is -0.550 e. The number of rotatable bonds is 4. The zero-order chi connectivity index (χ0) is 14.7. The van der Waals surface area contributed by atoms with Gasteiger partial charge in [-0.3, -0.25) is 4.79 Å². The van der Waals surface area contributed by atoms with Gasteiger partial charge in [-0.1, -0.05) is 12.1 Å². The first-order valence-electron chi connectivity index (χ1n) is 7.12. The van der Waals surface area contributed by atoms with Gasteiger partial charge < -0.3 is 14.8 Å². The fraction of sp³-hybridized carbons (Fsp3) is 0.500. The van der Waals surface area contributed by atoms with Crippen molar-refractivity contribution in [2.24, 2.45) is 5.92 Å². The summed E-state index contributed by atoms with van der Waals surface area (Å²) in [7, 11) is 0. The number of likely N-dealkylation sites (tertiary alicyclic amines) is 1. The molecular weight excluding hydrogens is 254 g/mol. The Morgan fingerprint density at radius 2 is 1.85 bits per heavy atom. The smallest absolute Gasteiger partial charge is 0.216 e. The van der Waals surface area contributed by atoms with Crippen molar-refractivity contribution in [1.82, 2.24) is 0 Å². The summed E-state index contributed by atoms with van der Waals surface area (Å²) >= 11 is 0.